The minimum Gasteiger partial charge on any atom is -0.495 e. The topological polar surface area (TPSA) is 55.3 Å². The molecule has 0 radical (unpaired) electrons. The zero-order valence-corrected chi connectivity index (χ0v) is 18.4. The van der Waals surface area contributed by atoms with Crippen LogP contribution in [0.3, 0.4) is 0 Å². The van der Waals surface area contributed by atoms with Gasteiger partial charge in [-0.1, -0.05) is 15.9 Å². The first-order chi connectivity index (χ1) is 14.2. The molecule has 2 heterocycles. The number of aliphatic imine (C=N–C) groups is 1. The number of piperidine rings is 1. The Morgan fingerprint density at radius 2 is 1.93 bits per heavy atom. The van der Waals surface area contributed by atoms with Crippen molar-refractivity contribution in [3.05, 3.63) is 40.4 Å². The van der Waals surface area contributed by atoms with Gasteiger partial charge in [-0.15, -0.1) is 0 Å². The van der Waals surface area contributed by atoms with Gasteiger partial charge in [-0.2, -0.15) is 0 Å². The van der Waals surface area contributed by atoms with Crippen molar-refractivity contribution < 1.29 is 14.2 Å². The maximum absolute atomic E-state index is 6.33. The summed E-state index contributed by atoms with van der Waals surface area (Å²) in [7, 11) is 1.68. The molecule has 0 bridgehead atoms. The lowest BCUT2D eigenvalue weighted by Crippen LogP contribution is -2.34. The number of hydrogen-bond acceptors (Lipinski definition) is 6. The molecule has 0 atom stereocenters. The van der Waals surface area contributed by atoms with Crippen LogP contribution < -0.4 is 24.4 Å². The molecule has 0 spiro atoms. The van der Waals surface area contributed by atoms with E-state index in [2.05, 4.69) is 37.2 Å². The van der Waals surface area contributed by atoms with Crippen LogP contribution in [-0.2, 0) is 0 Å². The van der Waals surface area contributed by atoms with Crippen molar-refractivity contribution in [1.29, 1.82) is 0 Å². The Hall–Kier alpha value is -2.25. The largest absolute Gasteiger partial charge is 0.495 e. The van der Waals surface area contributed by atoms with Gasteiger partial charge in [0.1, 0.15) is 18.5 Å². The van der Waals surface area contributed by atoms with Crippen LogP contribution in [-0.4, -0.2) is 45.8 Å². The standard InChI is InChI=1S/C22H26BrN3O3/c1-3-28-21-12-18-15(10-22(21)29-17-6-8-24-9-7-17)13-25-14-26(18)19-11-16(23)4-5-20(19)27-2/h4-5,10-13,17,24H,3,6-9,14H2,1-2H3. The predicted molar refractivity (Wildman–Crippen MR) is 119 cm³/mol. The zero-order valence-electron chi connectivity index (χ0n) is 16.8. The molecule has 154 valence electrons. The van der Waals surface area contributed by atoms with Gasteiger partial charge < -0.3 is 24.4 Å². The lowest BCUT2D eigenvalue weighted by molar-refractivity contribution is 0.154. The molecular formula is C22H26BrN3O3. The summed E-state index contributed by atoms with van der Waals surface area (Å²) < 4.78 is 18.9. The first-order valence-corrected chi connectivity index (χ1v) is 10.8. The van der Waals surface area contributed by atoms with Crippen LogP contribution in [0.5, 0.6) is 17.2 Å². The summed E-state index contributed by atoms with van der Waals surface area (Å²) in [5, 5.41) is 3.37. The van der Waals surface area contributed by atoms with E-state index in [-0.39, 0.29) is 6.10 Å². The van der Waals surface area contributed by atoms with Crippen LogP contribution in [0.4, 0.5) is 11.4 Å². The fourth-order valence-corrected chi connectivity index (χ4v) is 4.08. The van der Waals surface area contributed by atoms with E-state index in [1.54, 1.807) is 7.11 Å². The van der Waals surface area contributed by atoms with Crippen molar-refractivity contribution in [2.75, 3.05) is 38.4 Å². The van der Waals surface area contributed by atoms with Crippen molar-refractivity contribution in [3.8, 4) is 17.2 Å². The van der Waals surface area contributed by atoms with Gasteiger partial charge in [-0.25, -0.2) is 0 Å². The molecule has 7 heteroatoms. The maximum atomic E-state index is 6.33. The van der Waals surface area contributed by atoms with E-state index in [1.165, 1.54) is 0 Å². The van der Waals surface area contributed by atoms with Gasteiger partial charge in [0, 0.05) is 22.3 Å². The van der Waals surface area contributed by atoms with Gasteiger partial charge in [-0.3, -0.25) is 4.99 Å². The fraction of sp³-hybridized carbons (Fsp3) is 0.409. The van der Waals surface area contributed by atoms with Crippen LogP contribution in [0.25, 0.3) is 0 Å². The highest BCUT2D eigenvalue weighted by Crippen LogP contribution is 2.43. The molecule has 2 aliphatic heterocycles. The highest BCUT2D eigenvalue weighted by molar-refractivity contribution is 9.10. The predicted octanol–water partition coefficient (Wildman–Crippen LogP) is 4.52. The molecule has 0 amide bonds. The summed E-state index contributed by atoms with van der Waals surface area (Å²) in [6.07, 6.45) is 4.10. The molecule has 2 aromatic rings. The Kier molecular flexibility index (Phi) is 6.25. The summed E-state index contributed by atoms with van der Waals surface area (Å²) >= 11 is 3.57. The zero-order chi connectivity index (χ0) is 20.2. The molecule has 4 rings (SSSR count). The van der Waals surface area contributed by atoms with Gasteiger partial charge in [0.15, 0.2) is 11.5 Å². The van der Waals surface area contributed by atoms with Gasteiger partial charge in [-0.05, 0) is 57.1 Å². The van der Waals surface area contributed by atoms with Crippen molar-refractivity contribution in [3.63, 3.8) is 0 Å². The van der Waals surface area contributed by atoms with Gasteiger partial charge in [0.05, 0.1) is 25.1 Å². The van der Waals surface area contributed by atoms with E-state index in [1.807, 2.05) is 37.4 Å². The molecule has 1 fully saturated rings. The molecule has 1 N–H and O–H groups in total. The molecule has 0 aliphatic carbocycles. The average molecular weight is 460 g/mol. The van der Waals surface area contributed by atoms with Crippen LogP contribution in [0.1, 0.15) is 25.3 Å². The van der Waals surface area contributed by atoms with Crippen LogP contribution in [0.2, 0.25) is 0 Å². The van der Waals surface area contributed by atoms with Crippen molar-refractivity contribution >= 4 is 33.5 Å². The van der Waals surface area contributed by atoms with Crippen LogP contribution in [0, 0.1) is 0 Å². The summed E-state index contributed by atoms with van der Waals surface area (Å²) in [4.78, 5) is 6.70. The highest BCUT2D eigenvalue weighted by atomic mass is 79.9. The summed E-state index contributed by atoms with van der Waals surface area (Å²) in [6, 6.07) is 10.1. The third kappa shape index (κ3) is 4.36. The second kappa shape index (κ2) is 9.05. The number of hydrogen-bond donors (Lipinski definition) is 1. The molecule has 2 aromatic carbocycles. The highest BCUT2D eigenvalue weighted by Gasteiger charge is 2.24. The summed E-state index contributed by atoms with van der Waals surface area (Å²) in [5.41, 5.74) is 2.98. The first kappa shape index (κ1) is 20.0. The lowest BCUT2D eigenvalue weighted by Gasteiger charge is -2.31. The third-order valence-corrected chi connectivity index (χ3v) is 5.64. The normalized spacial score (nSPS) is 16.4. The molecule has 0 aromatic heterocycles. The summed E-state index contributed by atoms with van der Waals surface area (Å²) in [6.45, 7) is 5.05. The number of nitrogens with one attached hydrogen (secondary N) is 1. The minimum atomic E-state index is 0.204. The third-order valence-electron chi connectivity index (χ3n) is 5.15. The number of fused-ring (bicyclic) bond motifs is 1. The molecule has 0 saturated carbocycles. The number of ether oxygens (including phenoxy) is 3. The van der Waals surface area contributed by atoms with E-state index in [4.69, 9.17) is 14.2 Å². The van der Waals surface area contributed by atoms with Crippen LogP contribution in [0.15, 0.2) is 39.8 Å². The van der Waals surface area contributed by atoms with Gasteiger partial charge >= 0.3 is 0 Å². The van der Waals surface area contributed by atoms with Crippen molar-refractivity contribution in [2.24, 2.45) is 4.99 Å². The Labute approximate surface area is 180 Å². The van der Waals surface area contributed by atoms with Crippen molar-refractivity contribution in [2.45, 2.75) is 25.9 Å². The molecule has 29 heavy (non-hydrogen) atoms. The quantitative estimate of drug-likeness (QED) is 0.688. The second-order valence-electron chi connectivity index (χ2n) is 7.06. The van der Waals surface area contributed by atoms with Gasteiger partial charge in [0.25, 0.3) is 0 Å². The Morgan fingerprint density at radius 1 is 1.10 bits per heavy atom. The number of halogens is 1. The molecule has 1 saturated heterocycles. The van der Waals surface area contributed by atoms with E-state index >= 15 is 0 Å². The Balaban J connectivity index is 1.73. The summed E-state index contributed by atoms with van der Waals surface area (Å²) in [5.74, 6) is 2.34. The number of rotatable bonds is 6. The number of benzene rings is 2. The van der Waals surface area contributed by atoms with E-state index in [0.717, 1.165) is 64.6 Å². The molecule has 0 unspecified atom stereocenters. The Morgan fingerprint density at radius 3 is 2.69 bits per heavy atom. The molecular weight excluding hydrogens is 434 g/mol. The van der Waals surface area contributed by atoms with Crippen LogP contribution >= 0.6 is 15.9 Å². The van der Waals surface area contributed by atoms with E-state index in [9.17, 15) is 0 Å². The SMILES string of the molecule is CCOc1cc2c(cc1OC1CCNCC1)C=NCN2c1cc(Br)ccc1OC. The van der Waals surface area contributed by atoms with Crippen molar-refractivity contribution in [1.82, 2.24) is 5.32 Å². The lowest BCUT2D eigenvalue weighted by atomic mass is 10.1. The number of methoxy groups -OCH3 is 1. The van der Waals surface area contributed by atoms with E-state index in [0.29, 0.717) is 13.3 Å². The second-order valence-corrected chi connectivity index (χ2v) is 7.97. The Bertz CT molecular complexity index is 897. The smallest absolute Gasteiger partial charge is 0.163 e. The van der Waals surface area contributed by atoms with Gasteiger partial charge in [0.2, 0.25) is 0 Å². The minimum absolute atomic E-state index is 0.204. The average Bonchev–Trinajstić information content (AvgIpc) is 2.74. The number of anilines is 2. The molecule has 6 nitrogen and oxygen atoms in total. The first-order valence-electron chi connectivity index (χ1n) is 9.98. The fourth-order valence-electron chi connectivity index (χ4n) is 3.73. The number of nitrogens with zero attached hydrogens (tertiary/aromatic N) is 2. The monoisotopic (exact) mass is 459 g/mol. The van der Waals surface area contributed by atoms with E-state index < -0.39 is 0 Å². The maximum Gasteiger partial charge on any atom is 0.163 e. The molecule has 2 aliphatic rings.